The molecule has 0 spiro atoms. The summed E-state index contributed by atoms with van der Waals surface area (Å²) in [6, 6.07) is 0. The van der Waals surface area contributed by atoms with E-state index in [4.69, 9.17) is 9.84 Å². The summed E-state index contributed by atoms with van der Waals surface area (Å²) in [5.41, 5.74) is 1.21. The number of carboxylic acids is 1. The number of aliphatic carboxylic acids is 1. The van der Waals surface area contributed by atoms with Crippen molar-refractivity contribution in [3.05, 3.63) is 0 Å². The summed E-state index contributed by atoms with van der Waals surface area (Å²) < 4.78 is 9.44. The second kappa shape index (κ2) is 6.29. The molecule has 16 heavy (non-hydrogen) atoms. The third-order valence-corrected chi connectivity index (χ3v) is 1.28. The van der Waals surface area contributed by atoms with E-state index in [1.165, 1.54) is 7.11 Å². The Kier molecular flexibility index (Phi) is 5.76. The molecule has 0 fully saturated rings. The van der Waals surface area contributed by atoms with Crippen molar-refractivity contribution in [3.8, 4) is 0 Å². The lowest BCUT2D eigenvalue weighted by molar-refractivity contribution is -0.159. The first-order chi connectivity index (χ1) is 7.26. The van der Waals surface area contributed by atoms with Crippen LogP contribution in [0.3, 0.4) is 0 Å². The molecule has 0 bridgehead atoms. The monoisotopic (exact) mass is 235 g/mol. The van der Waals surface area contributed by atoms with Gasteiger partial charge in [-0.05, 0) is 20.8 Å². The molecule has 0 heterocycles. The van der Waals surface area contributed by atoms with Crippen molar-refractivity contribution in [3.63, 3.8) is 0 Å². The Hall–Kier alpha value is -1.34. The van der Waals surface area contributed by atoms with E-state index in [1.807, 2.05) is 5.48 Å². The molecule has 0 radical (unpaired) electrons. The molecule has 2 N–H and O–H groups in total. The fourth-order valence-corrected chi connectivity index (χ4v) is 0.725. The number of hydroxylamine groups is 1. The van der Waals surface area contributed by atoms with Crippen molar-refractivity contribution in [2.75, 3.05) is 13.7 Å². The van der Waals surface area contributed by atoms with Crippen molar-refractivity contribution in [1.29, 1.82) is 0 Å². The zero-order chi connectivity index (χ0) is 12.8. The molecule has 94 valence electrons. The van der Waals surface area contributed by atoms with Crippen LogP contribution in [0.25, 0.3) is 0 Å². The van der Waals surface area contributed by atoms with E-state index >= 15 is 0 Å². The van der Waals surface area contributed by atoms with E-state index < -0.39 is 23.8 Å². The number of amides is 1. The fraction of sp³-hybridized carbons (Fsp3) is 0.778. The van der Waals surface area contributed by atoms with Gasteiger partial charge in [-0.3, -0.25) is 4.84 Å². The number of rotatable bonds is 5. The SMILES string of the molecule is COC[C@H](ONC(=O)OC(C)(C)C)C(=O)O. The molecule has 0 unspecified atom stereocenters. The number of methoxy groups -OCH3 is 1. The standard InChI is InChI=1S/C9H17NO6/c1-9(2,3)15-8(13)10-16-6(5-14-4)7(11)12/h6H,5H2,1-4H3,(H,10,13)(H,11,12)/t6-/m0/s1. The molecule has 0 aromatic carbocycles. The van der Waals surface area contributed by atoms with Crippen LogP contribution >= 0.6 is 0 Å². The van der Waals surface area contributed by atoms with E-state index in [1.54, 1.807) is 20.8 Å². The molecule has 0 aromatic heterocycles. The third-order valence-electron chi connectivity index (χ3n) is 1.28. The van der Waals surface area contributed by atoms with Gasteiger partial charge in [0, 0.05) is 7.11 Å². The Morgan fingerprint density at radius 2 is 1.94 bits per heavy atom. The smallest absolute Gasteiger partial charge is 0.431 e. The molecule has 0 rings (SSSR count). The van der Waals surface area contributed by atoms with Crippen LogP contribution in [0.15, 0.2) is 0 Å². The van der Waals surface area contributed by atoms with E-state index in [2.05, 4.69) is 9.57 Å². The Morgan fingerprint density at radius 1 is 1.38 bits per heavy atom. The van der Waals surface area contributed by atoms with Gasteiger partial charge in [-0.1, -0.05) is 0 Å². The Morgan fingerprint density at radius 3 is 2.31 bits per heavy atom. The van der Waals surface area contributed by atoms with Gasteiger partial charge in [0.2, 0.25) is 6.10 Å². The number of hydrogen-bond donors (Lipinski definition) is 2. The number of carboxylic acid groups (broad SMARTS) is 1. The van der Waals surface area contributed by atoms with Crippen LogP contribution in [-0.2, 0) is 19.1 Å². The van der Waals surface area contributed by atoms with Gasteiger partial charge in [0.05, 0.1) is 6.61 Å². The fourth-order valence-electron chi connectivity index (χ4n) is 0.725. The highest BCUT2D eigenvalue weighted by molar-refractivity contribution is 5.73. The zero-order valence-electron chi connectivity index (χ0n) is 9.77. The summed E-state index contributed by atoms with van der Waals surface area (Å²) in [6.07, 6.45) is -2.12. The van der Waals surface area contributed by atoms with Crippen molar-refractivity contribution in [2.24, 2.45) is 0 Å². The van der Waals surface area contributed by atoms with Crippen LogP contribution in [0.2, 0.25) is 0 Å². The zero-order valence-corrected chi connectivity index (χ0v) is 9.77. The number of nitrogens with one attached hydrogen (secondary N) is 1. The van der Waals surface area contributed by atoms with E-state index in [0.717, 1.165) is 0 Å². The minimum Gasteiger partial charge on any atom is -0.479 e. The first kappa shape index (κ1) is 14.7. The van der Waals surface area contributed by atoms with E-state index in [0.29, 0.717) is 0 Å². The molecule has 7 heteroatoms. The largest absolute Gasteiger partial charge is 0.479 e. The minimum absolute atomic E-state index is 0.175. The summed E-state index contributed by atoms with van der Waals surface area (Å²) in [5.74, 6) is -1.24. The summed E-state index contributed by atoms with van der Waals surface area (Å²) in [6.45, 7) is 4.86. The number of carbonyl (C=O) groups excluding carboxylic acids is 1. The molecular weight excluding hydrogens is 218 g/mol. The molecule has 0 saturated heterocycles. The first-order valence-corrected chi connectivity index (χ1v) is 4.62. The van der Waals surface area contributed by atoms with Crippen molar-refractivity contribution >= 4 is 12.1 Å². The molecular formula is C9H17NO6. The molecule has 0 aliphatic rings. The lowest BCUT2D eigenvalue weighted by Crippen LogP contribution is -2.39. The Balaban J connectivity index is 4.01. The molecule has 1 amide bonds. The predicted molar refractivity (Wildman–Crippen MR) is 53.8 cm³/mol. The highest BCUT2D eigenvalue weighted by Crippen LogP contribution is 2.06. The first-order valence-electron chi connectivity index (χ1n) is 4.62. The van der Waals surface area contributed by atoms with Gasteiger partial charge < -0.3 is 14.6 Å². The van der Waals surface area contributed by atoms with Gasteiger partial charge in [0.15, 0.2) is 0 Å². The lowest BCUT2D eigenvalue weighted by Gasteiger charge is -2.20. The van der Waals surface area contributed by atoms with Crippen LogP contribution in [0.4, 0.5) is 4.79 Å². The Labute approximate surface area is 93.6 Å². The summed E-state index contributed by atoms with van der Waals surface area (Å²) >= 11 is 0. The van der Waals surface area contributed by atoms with Gasteiger partial charge in [-0.2, -0.15) is 5.48 Å². The summed E-state index contributed by atoms with van der Waals surface area (Å²) in [4.78, 5) is 26.3. The highest BCUT2D eigenvalue weighted by Gasteiger charge is 2.22. The molecule has 1 atom stereocenters. The van der Waals surface area contributed by atoms with Gasteiger partial charge in [-0.15, -0.1) is 0 Å². The van der Waals surface area contributed by atoms with Gasteiger partial charge in [-0.25, -0.2) is 9.59 Å². The summed E-state index contributed by atoms with van der Waals surface area (Å²) in [5, 5.41) is 8.65. The van der Waals surface area contributed by atoms with Gasteiger partial charge in [0.25, 0.3) is 0 Å². The van der Waals surface area contributed by atoms with Crippen molar-refractivity contribution in [1.82, 2.24) is 5.48 Å². The maximum atomic E-state index is 11.1. The van der Waals surface area contributed by atoms with Crippen LogP contribution < -0.4 is 5.48 Å². The van der Waals surface area contributed by atoms with Crippen LogP contribution in [0, 0.1) is 0 Å². The average molecular weight is 235 g/mol. The number of hydrogen-bond acceptors (Lipinski definition) is 5. The maximum Gasteiger partial charge on any atom is 0.431 e. The quantitative estimate of drug-likeness (QED) is 0.675. The second-order valence-electron chi connectivity index (χ2n) is 4.00. The molecule has 0 saturated carbocycles. The highest BCUT2D eigenvalue weighted by atomic mass is 16.7. The van der Waals surface area contributed by atoms with E-state index in [9.17, 15) is 9.59 Å². The van der Waals surface area contributed by atoms with Crippen LogP contribution in [0.1, 0.15) is 20.8 Å². The predicted octanol–water partition coefficient (Wildman–Crippen LogP) is 0.542. The molecule has 7 nitrogen and oxygen atoms in total. The van der Waals surface area contributed by atoms with E-state index in [-0.39, 0.29) is 6.61 Å². The lowest BCUT2D eigenvalue weighted by atomic mass is 10.2. The minimum atomic E-state index is -1.27. The van der Waals surface area contributed by atoms with Gasteiger partial charge in [0.1, 0.15) is 5.60 Å². The van der Waals surface area contributed by atoms with Gasteiger partial charge >= 0.3 is 12.1 Å². The number of carbonyl (C=O) groups is 2. The van der Waals surface area contributed by atoms with Crippen molar-refractivity contribution < 1.29 is 29.0 Å². The normalized spacial score (nSPS) is 13.0. The second-order valence-corrected chi connectivity index (χ2v) is 4.00. The molecule has 0 aromatic rings. The maximum absolute atomic E-state index is 11.1. The van der Waals surface area contributed by atoms with Crippen LogP contribution in [0.5, 0.6) is 0 Å². The topological polar surface area (TPSA) is 94.1 Å². The Bertz CT molecular complexity index is 247. The van der Waals surface area contributed by atoms with Crippen LogP contribution in [-0.4, -0.2) is 42.6 Å². The van der Waals surface area contributed by atoms with Crippen molar-refractivity contribution in [2.45, 2.75) is 32.5 Å². The summed E-state index contributed by atoms with van der Waals surface area (Å²) in [7, 11) is 1.33. The molecule has 0 aliphatic carbocycles. The molecule has 0 aliphatic heterocycles. The number of ether oxygens (including phenoxy) is 2. The average Bonchev–Trinajstić information content (AvgIpc) is 2.08. The third kappa shape index (κ3) is 7.02.